The van der Waals surface area contributed by atoms with Crippen LogP contribution >= 0.6 is 11.3 Å². The number of aromatic nitrogens is 1. The molecule has 2 aromatic rings. The lowest BCUT2D eigenvalue weighted by atomic mass is 10.2. The number of rotatable bonds is 6. The Morgan fingerprint density at radius 3 is 3.00 bits per heavy atom. The van der Waals surface area contributed by atoms with Crippen molar-refractivity contribution in [2.45, 2.75) is 45.3 Å². The van der Waals surface area contributed by atoms with Crippen molar-refractivity contribution in [2.24, 2.45) is 0 Å². The molecule has 0 radical (unpaired) electrons. The van der Waals surface area contributed by atoms with Gasteiger partial charge in [0.25, 0.3) is 5.91 Å². The van der Waals surface area contributed by atoms with Crippen molar-refractivity contribution in [3.05, 3.63) is 40.2 Å². The zero-order valence-corrected chi connectivity index (χ0v) is 14.3. The average molecular weight is 334 g/mol. The third kappa shape index (κ3) is 4.00. The molecule has 1 aliphatic rings. The summed E-state index contributed by atoms with van der Waals surface area (Å²) in [7, 11) is 0. The molecular formula is C17H22N2O3S. The van der Waals surface area contributed by atoms with Crippen LogP contribution in [0, 0.1) is 0 Å². The molecule has 0 spiro atoms. The molecule has 1 atom stereocenters. The van der Waals surface area contributed by atoms with Crippen molar-refractivity contribution >= 4 is 17.2 Å². The molecule has 0 N–H and O–H groups in total. The van der Waals surface area contributed by atoms with Crippen molar-refractivity contribution in [3.63, 3.8) is 0 Å². The highest BCUT2D eigenvalue weighted by Crippen LogP contribution is 2.24. The number of ether oxygens (including phenoxy) is 1. The zero-order valence-electron chi connectivity index (χ0n) is 13.5. The molecule has 1 fully saturated rings. The molecule has 1 aliphatic heterocycles. The molecule has 0 aliphatic carbocycles. The van der Waals surface area contributed by atoms with E-state index in [0.717, 1.165) is 30.2 Å². The summed E-state index contributed by atoms with van der Waals surface area (Å²) in [5.41, 5.74) is 0. The largest absolute Gasteiger partial charge is 0.467 e. The number of carbonyl (C=O) groups is 1. The van der Waals surface area contributed by atoms with E-state index >= 15 is 0 Å². The van der Waals surface area contributed by atoms with Gasteiger partial charge in [-0.15, -0.1) is 11.3 Å². The standard InChI is InChI=1S/C17H22N2O3S/c1-12(2)16-18-9-15(23-16)17(20)19(10-13-5-3-7-21-13)11-14-6-4-8-22-14/h3,5,7,9,12,14H,4,6,8,10-11H2,1-2H3. The summed E-state index contributed by atoms with van der Waals surface area (Å²) in [5, 5.41) is 0.989. The molecule has 5 nitrogen and oxygen atoms in total. The third-order valence-electron chi connectivity index (χ3n) is 3.89. The van der Waals surface area contributed by atoms with Crippen LogP contribution in [-0.4, -0.2) is 35.0 Å². The van der Waals surface area contributed by atoms with E-state index in [4.69, 9.17) is 9.15 Å². The maximum atomic E-state index is 12.9. The molecule has 3 heterocycles. The second-order valence-corrected chi connectivity index (χ2v) is 7.18. The smallest absolute Gasteiger partial charge is 0.266 e. The monoisotopic (exact) mass is 334 g/mol. The first-order valence-electron chi connectivity index (χ1n) is 8.02. The van der Waals surface area contributed by atoms with Gasteiger partial charge in [-0.3, -0.25) is 4.79 Å². The van der Waals surface area contributed by atoms with Gasteiger partial charge in [-0.2, -0.15) is 0 Å². The molecular weight excluding hydrogens is 312 g/mol. The Hall–Kier alpha value is -1.66. The molecule has 0 bridgehead atoms. The summed E-state index contributed by atoms with van der Waals surface area (Å²) in [6.45, 7) is 6.00. The van der Waals surface area contributed by atoms with E-state index < -0.39 is 0 Å². The first-order chi connectivity index (χ1) is 11.1. The van der Waals surface area contributed by atoms with Crippen LogP contribution in [0.4, 0.5) is 0 Å². The molecule has 0 saturated carbocycles. The average Bonchev–Trinajstić information content (AvgIpc) is 3.28. The number of nitrogens with zero attached hydrogens (tertiary/aromatic N) is 2. The third-order valence-corrected chi connectivity index (χ3v) is 5.18. The Morgan fingerprint density at radius 2 is 2.39 bits per heavy atom. The van der Waals surface area contributed by atoms with Gasteiger partial charge >= 0.3 is 0 Å². The Labute approximate surface area is 140 Å². The molecule has 2 aromatic heterocycles. The first kappa shape index (κ1) is 16.2. The highest BCUT2D eigenvalue weighted by Gasteiger charge is 2.25. The van der Waals surface area contributed by atoms with Crippen LogP contribution in [0.1, 0.15) is 53.0 Å². The molecule has 124 valence electrons. The van der Waals surface area contributed by atoms with Crippen LogP contribution in [-0.2, 0) is 11.3 Å². The minimum absolute atomic E-state index is 0.00120. The number of carbonyl (C=O) groups excluding carboxylic acids is 1. The molecule has 6 heteroatoms. The van der Waals surface area contributed by atoms with Crippen LogP contribution in [0.5, 0.6) is 0 Å². The second-order valence-electron chi connectivity index (χ2n) is 6.12. The number of hydrogen-bond acceptors (Lipinski definition) is 5. The van der Waals surface area contributed by atoms with E-state index in [1.807, 2.05) is 17.0 Å². The lowest BCUT2D eigenvalue weighted by Crippen LogP contribution is -2.36. The molecule has 3 rings (SSSR count). The van der Waals surface area contributed by atoms with Crippen LogP contribution in [0.15, 0.2) is 29.0 Å². The first-order valence-corrected chi connectivity index (χ1v) is 8.84. The maximum absolute atomic E-state index is 12.9. The van der Waals surface area contributed by atoms with Crippen LogP contribution in [0.2, 0.25) is 0 Å². The van der Waals surface area contributed by atoms with Gasteiger partial charge in [0, 0.05) is 19.1 Å². The van der Waals surface area contributed by atoms with Gasteiger partial charge in [-0.05, 0) is 25.0 Å². The Balaban J connectivity index is 1.75. The summed E-state index contributed by atoms with van der Waals surface area (Å²) < 4.78 is 11.1. The highest BCUT2D eigenvalue weighted by molar-refractivity contribution is 7.13. The number of thiazole rings is 1. The lowest BCUT2D eigenvalue weighted by molar-refractivity contribution is 0.0495. The van der Waals surface area contributed by atoms with Crippen molar-refractivity contribution in [1.29, 1.82) is 0 Å². The Morgan fingerprint density at radius 1 is 1.52 bits per heavy atom. The van der Waals surface area contributed by atoms with Crippen LogP contribution in [0.3, 0.4) is 0 Å². The van der Waals surface area contributed by atoms with Crippen LogP contribution in [0.25, 0.3) is 0 Å². The van der Waals surface area contributed by atoms with E-state index in [-0.39, 0.29) is 12.0 Å². The van der Waals surface area contributed by atoms with Gasteiger partial charge in [0.05, 0.1) is 30.1 Å². The normalized spacial score (nSPS) is 17.8. The van der Waals surface area contributed by atoms with E-state index in [1.165, 1.54) is 11.3 Å². The summed E-state index contributed by atoms with van der Waals surface area (Å²) in [4.78, 5) is 19.7. The van der Waals surface area contributed by atoms with E-state index in [1.54, 1.807) is 12.5 Å². The van der Waals surface area contributed by atoms with Gasteiger partial charge < -0.3 is 14.1 Å². The van der Waals surface area contributed by atoms with Crippen LogP contribution < -0.4 is 0 Å². The van der Waals surface area contributed by atoms with Crippen molar-refractivity contribution in [1.82, 2.24) is 9.88 Å². The van der Waals surface area contributed by atoms with Crippen molar-refractivity contribution < 1.29 is 13.9 Å². The summed E-state index contributed by atoms with van der Waals surface area (Å²) in [6, 6.07) is 3.73. The summed E-state index contributed by atoms with van der Waals surface area (Å²) in [6.07, 6.45) is 5.50. The summed E-state index contributed by atoms with van der Waals surface area (Å²) in [5.74, 6) is 1.12. The molecule has 1 unspecified atom stereocenters. The van der Waals surface area contributed by atoms with Gasteiger partial charge in [0.15, 0.2) is 0 Å². The van der Waals surface area contributed by atoms with Gasteiger partial charge in [0.1, 0.15) is 10.6 Å². The van der Waals surface area contributed by atoms with Gasteiger partial charge in [-0.25, -0.2) is 4.98 Å². The van der Waals surface area contributed by atoms with E-state index in [9.17, 15) is 4.79 Å². The SMILES string of the molecule is CC(C)c1ncc(C(=O)N(Cc2ccco2)CC2CCCO2)s1. The number of amides is 1. The fourth-order valence-electron chi connectivity index (χ4n) is 2.65. The highest BCUT2D eigenvalue weighted by atomic mass is 32.1. The topological polar surface area (TPSA) is 55.6 Å². The fourth-order valence-corrected chi connectivity index (χ4v) is 3.54. The molecule has 1 amide bonds. The zero-order chi connectivity index (χ0) is 16.2. The second kappa shape index (κ2) is 7.27. The minimum atomic E-state index is 0.00120. The maximum Gasteiger partial charge on any atom is 0.266 e. The fraction of sp³-hybridized carbons (Fsp3) is 0.529. The van der Waals surface area contributed by atoms with Gasteiger partial charge in [-0.1, -0.05) is 13.8 Å². The minimum Gasteiger partial charge on any atom is -0.467 e. The lowest BCUT2D eigenvalue weighted by Gasteiger charge is -2.24. The number of hydrogen-bond donors (Lipinski definition) is 0. The number of furan rings is 1. The summed E-state index contributed by atoms with van der Waals surface area (Å²) >= 11 is 1.47. The molecule has 23 heavy (non-hydrogen) atoms. The molecule has 1 saturated heterocycles. The quantitative estimate of drug-likeness (QED) is 0.808. The predicted molar refractivity (Wildman–Crippen MR) is 88.6 cm³/mol. The molecule has 0 aromatic carbocycles. The van der Waals surface area contributed by atoms with E-state index in [0.29, 0.717) is 23.9 Å². The Bertz CT molecular complexity index is 630. The predicted octanol–water partition coefficient (Wildman–Crippen LogP) is 3.68. The van der Waals surface area contributed by atoms with Crippen molar-refractivity contribution in [2.75, 3.05) is 13.2 Å². The van der Waals surface area contributed by atoms with Crippen molar-refractivity contribution in [3.8, 4) is 0 Å². The van der Waals surface area contributed by atoms with E-state index in [2.05, 4.69) is 18.8 Å². The Kier molecular flexibility index (Phi) is 5.13. The van der Waals surface area contributed by atoms with Gasteiger partial charge in [0.2, 0.25) is 0 Å².